The van der Waals surface area contributed by atoms with Crippen LogP contribution in [0.1, 0.15) is 65.2 Å². The van der Waals surface area contributed by atoms with Gasteiger partial charge in [-0.05, 0) is 57.3 Å². The third-order valence-electron chi connectivity index (χ3n) is 10.1. The molecular weight excluding hydrogens is 292 g/mol. The quantitative estimate of drug-likeness (QED) is 0.580. The first-order valence-corrected chi connectivity index (χ1v) is 10.8. The summed E-state index contributed by atoms with van der Waals surface area (Å²) < 4.78 is 2.58. The average molecular weight is 335 g/mol. The molecule has 3 unspecified atom stereocenters. The summed E-state index contributed by atoms with van der Waals surface area (Å²) in [6.07, 6.45) is 11.9. The van der Waals surface area contributed by atoms with E-state index < -0.39 is 0 Å². The fourth-order valence-corrected chi connectivity index (χ4v) is 8.50. The molecule has 2 saturated carbocycles. The van der Waals surface area contributed by atoms with E-state index in [4.69, 9.17) is 0 Å². The molecule has 0 aromatic carbocycles. The summed E-state index contributed by atoms with van der Waals surface area (Å²) in [6.45, 7) is 8.17. The number of fused-ring (bicyclic) bond motifs is 5. The molecule has 2 heterocycles. The maximum atomic E-state index is 2.71. The minimum Gasteiger partial charge on any atom is -0.326 e. The lowest BCUT2D eigenvalue weighted by molar-refractivity contribution is -0.953. The van der Waals surface area contributed by atoms with Gasteiger partial charge in [-0.25, -0.2) is 0 Å². The standard InChI is InChI=1S/C22H42N2/c1-21-13-8-15-23(3,4)20(21)11-10-17-18(21)12-14-22(2)19(17)9-7-16-24(22,5)6/h17-20H,7-16H2,1-6H3/q+2/t17?,18?,19?,20-,21-,22+/m1/s1. The first-order valence-electron chi connectivity index (χ1n) is 10.8. The summed E-state index contributed by atoms with van der Waals surface area (Å²) >= 11 is 0. The number of piperidine rings is 2. The molecule has 2 aliphatic heterocycles. The molecule has 0 amide bonds. The second kappa shape index (κ2) is 5.22. The van der Waals surface area contributed by atoms with Crippen molar-refractivity contribution in [3.8, 4) is 0 Å². The molecule has 0 N–H and O–H groups in total. The highest BCUT2D eigenvalue weighted by Crippen LogP contribution is 2.62. The van der Waals surface area contributed by atoms with Crippen molar-refractivity contribution in [2.45, 2.75) is 76.8 Å². The molecule has 4 aliphatic rings. The van der Waals surface area contributed by atoms with E-state index >= 15 is 0 Å². The van der Waals surface area contributed by atoms with Crippen LogP contribution in [-0.4, -0.2) is 61.8 Å². The number of likely N-dealkylation sites (tertiary alicyclic amines) is 2. The van der Waals surface area contributed by atoms with Gasteiger partial charge < -0.3 is 8.97 Å². The number of hydrogen-bond donors (Lipinski definition) is 0. The molecule has 4 fully saturated rings. The highest BCUT2D eigenvalue weighted by Gasteiger charge is 2.64. The Bertz CT molecular complexity index is 510. The van der Waals surface area contributed by atoms with Crippen LogP contribution in [0.2, 0.25) is 0 Å². The zero-order valence-electron chi connectivity index (χ0n) is 17.3. The van der Waals surface area contributed by atoms with Crippen LogP contribution in [-0.2, 0) is 0 Å². The van der Waals surface area contributed by atoms with Crippen LogP contribution in [0, 0.1) is 23.2 Å². The van der Waals surface area contributed by atoms with Crippen LogP contribution in [0.25, 0.3) is 0 Å². The Labute approximate surface area is 150 Å². The summed E-state index contributed by atoms with van der Waals surface area (Å²) in [6, 6.07) is 0.919. The zero-order valence-corrected chi connectivity index (χ0v) is 17.3. The smallest absolute Gasteiger partial charge is 0.0991 e. The highest BCUT2D eigenvalue weighted by molar-refractivity contribution is 5.07. The van der Waals surface area contributed by atoms with E-state index in [1.54, 1.807) is 0 Å². The van der Waals surface area contributed by atoms with E-state index in [0.717, 1.165) is 23.8 Å². The Kier molecular flexibility index (Phi) is 3.77. The molecular formula is C22H42N2+2. The summed E-state index contributed by atoms with van der Waals surface area (Å²) in [4.78, 5) is 0. The van der Waals surface area contributed by atoms with Crippen molar-refractivity contribution in [2.24, 2.45) is 23.2 Å². The van der Waals surface area contributed by atoms with E-state index in [1.165, 1.54) is 73.4 Å². The van der Waals surface area contributed by atoms with Gasteiger partial charge in [0.2, 0.25) is 0 Å². The first-order chi connectivity index (χ1) is 11.1. The van der Waals surface area contributed by atoms with Crippen LogP contribution < -0.4 is 0 Å². The van der Waals surface area contributed by atoms with E-state index in [0.29, 0.717) is 11.0 Å². The molecule has 0 aromatic heterocycles. The summed E-state index contributed by atoms with van der Waals surface area (Å²) in [5.41, 5.74) is 1.16. The second-order valence-electron chi connectivity index (χ2n) is 11.5. The minimum absolute atomic E-state index is 0.543. The van der Waals surface area contributed by atoms with Gasteiger partial charge >= 0.3 is 0 Å². The molecule has 2 aliphatic carbocycles. The Balaban J connectivity index is 1.68. The number of quaternary nitrogens is 2. The van der Waals surface area contributed by atoms with Gasteiger partial charge in [-0.2, -0.15) is 0 Å². The monoisotopic (exact) mass is 334 g/mol. The lowest BCUT2D eigenvalue weighted by Gasteiger charge is -2.66. The number of rotatable bonds is 0. The van der Waals surface area contributed by atoms with Crippen molar-refractivity contribution >= 4 is 0 Å². The molecule has 0 spiro atoms. The lowest BCUT2D eigenvalue weighted by Crippen LogP contribution is -2.71. The maximum Gasteiger partial charge on any atom is 0.0991 e. The molecule has 24 heavy (non-hydrogen) atoms. The SMILES string of the molecule is C[C@]12CCC3C(CC[C@@H]4[C@]3(C)CCC[N+]4(C)C)C1CCC[N+]2(C)C. The zero-order chi connectivity index (χ0) is 17.4. The molecule has 0 radical (unpaired) electrons. The second-order valence-corrected chi connectivity index (χ2v) is 11.5. The fraction of sp³-hybridized carbons (Fsp3) is 1.00. The van der Waals surface area contributed by atoms with Gasteiger partial charge in [0.05, 0.1) is 52.9 Å². The lowest BCUT2D eigenvalue weighted by atomic mass is 9.47. The van der Waals surface area contributed by atoms with E-state index in [2.05, 4.69) is 42.0 Å². The topological polar surface area (TPSA) is 0 Å². The molecule has 2 saturated heterocycles. The van der Waals surface area contributed by atoms with Crippen LogP contribution in [0.3, 0.4) is 0 Å². The van der Waals surface area contributed by atoms with Gasteiger partial charge in [0.25, 0.3) is 0 Å². The predicted octanol–water partition coefficient (Wildman–Crippen LogP) is 4.30. The van der Waals surface area contributed by atoms with Crippen LogP contribution in [0.15, 0.2) is 0 Å². The predicted molar refractivity (Wildman–Crippen MR) is 102 cm³/mol. The molecule has 138 valence electrons. The van der Waals surface area contributed by atoms with Crippen LogP contribution >= 0.6 is 0 Å². The molecule has 2 nitrogen and oxygen atoms in total. The van der Waals surface area contributed by atoms with Crippen molar-refractivity contribution in [1.29, 1.82) is 0 Å². The number of hydrogen-bond acceptors (Lipinski definition) is 0. The Hall–Kier alpha value is -0.0800. The normalized spacial score (nSPS) is 52.8. The van der Waals surface area contributed by atoms with E-state index in [-0.39, 0.29) is 0 Å². The van der Waals surface area contributed by atoms with Crippen molar-refractivity contribution < 1.29 is 8.97 Å². The largest absolute Gasteiger partial charge is 0.326 e. The molecule has 0 aromatic rings. The highest BCUT2D eigenvalue weighted by atomic mass is 15.4. The van der Waals surface area contributed by atoms with Crippen molar-refractivity contribution in [2.75, 3.05) is 41.3 Å². The fourth-order valence-electron chi connectivity index (χ4n) is 8.50. The first kappa shape index (κ1) is 17.3. The van der Waals surface area contributed by atoms with Crippen LogP contribution in [0.4, 0.5) is 0 Å². The van der Waals surface area contributed by atoms with Gasteiger partial charge in [0, 0.05) is 24.2 Å². The third-order valence-corrected chi connectivity index (χ3v) is 10.1. The van der Waals surface area contributed by atoms with Crippen molar-refractivity contribution in [3.63, 3.8) is 0 Å². The van der Waals surface area contributed by atoms with Gasteiger partial charge in [0.1, 0.15) is 0 Å². The summed E-state index contributed by atoms with van der Waals surface area (Å²) in [5, 5.41) is 0. The van der Waals surface area contributed by atoms with Gasteiger partial charge in [-0.15, -0.1) is 0 Å². The molecule has 2 heteroatoms. The molecule has 6 atom stereocenters. The Morgan fingerprint density at radius 2 is 1.50 bits per heavy atom. The minimum atomic E-state index is 0.543. The molecule has 0 bridgehead atoms. The van der Waals surface area contributed by atoms with E-state index in [1.807, 2.05) is 0 Å². The maximum absolute atomic E-state index is 2.71. The molecule has 4 rings (SSSR count). The summed E-state index contributed by atoms with van der Waals surface area (Å²) in [5.74, 6) is 3.00. The summed E-state index contributed by atoms with van der Waals surface area (Å²) in [7, 11) is 10.1. The average Bonchev–Trinajstić information content (AvgIpc) is 2.47. The van der Waals surface area contributed by atoms with Gasteiger partial charge in [-0.1, -0.05) is 6.92 Å². The third kappa shape index (κ3) is 2.14. The van der Waals surface area contributed by atoms with E-state index in [9.17, 15) is 0 Å². The Morgan fingerprint density at radius 1 is 0.750 bits per heavy atom. The van der Waals surface area contributed by atoms with Gasteiger partial charge in [-0.3, -0.25) is 0 Å². The Morgan fingerprint density at radius 3 is 2.25 bits per heavy atom. The number of nitrogens with zero attached hydrogens (tertiary/aromatic N) is 2. The van der Waals surface area contributed by atoms with Crippen molar-refractivity contribution in [3.05, 3.63) is 0 Å². The van der Waals surface area contributed by atoms with Gasteiger partial charge in [0.15, 0.2) is 0 Å². The van der Waals surface area contributed by atoms with Crippen LogP contribution in [0.5, 0.6) is 0 Å². The van der Waals surface area contributed by atoms with Crippen molar-refractivity contribution in [1.82, 2.24) is 0 Å².